The van der Waals surface area contributed by atoms with Crippen molar-refractivity contribution in [2.75, 3.05) is 17.8 Å². The molecule has 1 fully saturated rings. The van der Waals surface area contributed by atoms with Gasteiger partial charge in [0.05, 0.1) is 12.1 Å². The molecule has 4 nitrogen and oxygen atoms in total. The van der Waals surface area contributed by atoms with Gasteiger partial charge in [-0.25, -0.2) is 9.97 Å². The third kappa shape index (κ3) is 2.76. The number of halogens is 1. The fraction of sp³-hybridized carbons (Fsp3) is 0.636. The predicted octanol–water partition coefficient (Wildman–Crippen LogP) is 2.45. The maximum Gasteiger partial charge on any atom is 0.218 e. The molecule has 0 radical (unpaired) electrons. The van der Waals surface area contributed by atoms with Crippen LogP contribution in [0.2, 0.25) is 0 Å². The maximum atomic E-state index is 5.89. The van der Waals surface area contributed by atoms with E-state index >= 15 is 0 Å². The van der Waals surface area contributed by atoms with Gasteiger partial charge < -0.3 is 10.1 Å². The van der Waals surface area contributed by atoms with Gasteiger partial charge in [0, 0.05) is 11.9 Å². The Kier molecular flexibility index (Phi) is 3.49. The summed E-state index contributed by atoms with van der Waals surface area (Å²) in [5.74, 6) is 2.02. The summed E-state index contributed by atoms with van der Waals surface area (Å²) in [5.41, 5.74) is 0.0535. The van der Waals surface area contributed by atoms with Crippen molar-refractivity contribution in [3.8, 4) is 5.88 Å². The van der Waals surface area contributed by atoms with Crippen LogP contribution in [0, 0.1) is 0 Å². The number of nitrogens with zero attached hydrogens (tertiary/aromatic N) is 2. The van der Waals surface area contributed by atoms with E-state index in [9.17, 15) is 0 Å². The van der Waals surface area contributed by atoms with Crippen LogP contribution < -0.4 is 10.1 Å². The lowest BCUT2D eigenvalue weighted by Gasteiger charge is -2.14. The van der Waals surface area contributed by atoms with Gasteiger partial charge in [-0.05, 0) is 19.3 Å². The fourth-order valence-corrected chi connectivity index (χ4v) is 1.74. The van der Waals surface area contributed by atoms with E-state index in [0.29, 0.717) is 18.4 Å². The normalized spacial score (nSPS) is 16.9. The van der Waals surface area contributed by atoms with E-state index in [0.717, 1.165) is 25.1 Å². The summed E-state index contributed by atoms with van der Waals surface area (Å²) in [6.07, 6.45) is 4.69. The van der Waals surface area contributed by atoms with E-state index in [2.05, 4.69) is 22.2 Å². The Morgan fingerprint density at radius 3 is 2.94 bits per heavy atom. The number of nitrogens with one attached hydrogen (secondary N) is 1. The minimum atomic E-state index is 0.0535. The highest BCUT2D eigenvalue weighted by Crippen LogP contribution is 2.39. The van der Waals surface area contributed by atoms with Crippen LogP contribution in [0.1, 0.15) is 26.2 Å². The molecule has 5 heteroatoms. The minimum absolute atomic E-state index is 0.0535. The molecule has 1 aliphatic carbocycles. The highest BCUT2D eigenvalue weighted by molar-refractivity contribution is 6.19. The van der Waals surface area contributed by atoms with Crippen molar-refractivity contribution >= 4 is 17.4 Å². The summed E-state index contributed by atoms with van der Waals surface area (Å²) in [4.78, 5) is 8.21. The molecule has 16 heavy (non-hydrogen) atoms. The first-order chi connectivity index (χ1) is 7.78. The van der Waals surface area contributed by atoms with Gasteiger partial charge in [0.25, 0.3) is 0 Å². The van der Waals surface area contributed by atoms with Crippen molar-refractivity contribution in [3.63, 3.8) is 0 Å². The molecular formula is C11H16ClN3O. The lowest BCUT2D eigenvalue weighted by Crippen LogP contribution is -2.23. The van der Waals surface area contributed by atoms with Crippen LogP contribution in [-0.2, 0) is 0 Å². The molecule has 0 aromatic carbocycles. The second-order valence-electron chi connectivity index (χ2n) is 4.13. The van der Waals surface area contributed by atoms with Gasteiger partial charge in [-0.1, -0.05) is 6.92 Å². The van der Waals surface area contributed by atoms with Crippen LogP contribution in [0.15, 0.2) is 12.4 Å². The minimum Gasteiger partial charge on any atom is -0.478 e. The number of aromatic nitrogens is 2. The largest absolute Gasteiger partial charge is 0.478 e. The van der Waals surface area contributed by atoms with Crippen LogP contribution >= 0.6 is 11.6 Å². The van der Waals surface area contributed by atoms with Gasteiger partial charge >= 0.3 is 0 Å². The monoisotopic (exact) mass is 241 g/mol. The van der Waals surface area contributed by atoms with Gasteiger partial charge in [-0.3, -0.25) is 0 Å². The van der Waals surface area contributed by atoms with Gasteiger partial charge in [0.15, 0.2) is 0 Å². The Balaban J connectivity index is 1.99. The van der Waals surface area contributed by atoms with Gasteiger partial charge in [0.2, 0.25) is 5.88 Å². The first-order valence-electron chi connectivity index (χ1n) is 5.57. The topological polar surface area (TPSA) is 47.0 Å². The molecule has 0 aliphatic heterocycles. The van der Waals surface area contributed by atoms with Crippen molar-refractivity contribution < 1.29 is 4.74 Å². The maximum absolute atomic E-state index is 5.89. The molecule has 1 aromatic rings. The number of alkyl halides is 1. The molecule has 0 saturated heterocycles. The zero-order valence-electron chi connectivity index (χ0n) is 9.37. The van der Waals surface area contributed by atoms with Crippen molar-refractivity contribution in [1.29, 1.82) is 0 Å². The molecule has 1 aliphatic rings. The zero-order valence-corrected chi connectivity index (χ0v) is 10.1. The van der Waals surface area contributed by atoms with Crippen molar-refractivity contribution in [1.82, 2.24) is 9.97 Å². The number of anilines is 1. The summed E-state index contributed by atoms with van der Waals surface area (Å²) in [6.45, 7) is 2.74. The van der Waals surface area contributed by atoms with E-state index in [1.54, 1.807) is 0 Å². The number of hydrogen-bond donors (Lipinski definition) is 1. The molecule has 0 unspecified atom stereocenters. The number of rotatable bonds is 6. The van der Waals surface area contributed by atoms with E-state index < -0.39 is 0 Å². The van der Waals surface area contributed by atoms with Crippen molar-refractivity contribution in [2.45, 2.75) is 31.7 Å². The smallest absolute Gasteiger partial charge is 0.218 e. The van der Waals surface area contributed by atoms with Crippen molar-refractivity contribution in [3.05, 3.63) is 12.4 Å². The quantitative estimate of drug-likeness (QED) is 0.778. The average Bonchev–Trinajstić information content (AvgIpc) is 3.07. The first kappa shape index (κ1) is 11.5. The van der Waals surface area contributed by atoms with Gasteiger partial charge in [-0.2, -0.15) is 0 Å². The number of hydrogen-bond acceptors (Lipinski definition) is 4. The molecule has 0 atom stereocenters. The lowest BCUT2D eigenvalue weighted by molar-refractivity contribution is 0.305. The molecule has 88 valence electrons. The molecule has 0 spiro atoms. The molecular weight excluding hydrogens is 226 g/mol. The van der Waals surface area contributed by atoms with E-state index in [1.165, 1.54) is 6.33 Å². The van der Waals surface area contributed by atoms with Crippen LogP contribution in [0.25, 0.3) is 0 Å². The molecule has 1 aromatic heterocycles. The Morgan fingerprint density at radius 1 is 1.50 bits per heavy atom. The molecule has 2 rings (SSSR count). The average molecular weight is 242 g/mol. The summed E-state index contributed by atoms with van der Waals surface area (Å²) in [5, 5.41) is 3.33. The second-order valence-corrected chi connectivity index (χ2v) is 4.40. The standard InChI is InChI=1S/C11H16ClN3O/c1-2-5-16-10-6-9(13-8-14-10)15-11(7-12)3-4-11/h6,8H,2-5,7H2,1H3,(H,13,14,15). The molecule has 1 saturated carbocycles. The van der Waals surface area contributed by atoms with E-state index in [1.807, 2.05) is 6.07 Å². The Bertz CT molecular complexity index is 355. The number of ether oxygens (including phenoxy) is 1. The summed E-state index contributed by atoms with van der Waals surface area (Å²) in [7, 11) is 0. The van der Waals surface area contributed by atoms with Crippen LogP contribution in [0.5, 0.6) is 5.88 Å². The predicted molar refractivity (Wildman–Crippen MR) is 64.1 cm³/mol. The lowest BCUT2D eigenvalue weighted by atomic mass is 10.3. The van der Waals surface area contributed by atoms with Gasteiger partial charge in [-0.15, -0.1) is 11.6 Å². The van der Waals surface area contributed by atoms with Gasteiger partial charge in [0.1, 0.15) is 12.1 Å². The third-order valence-electron chi connectivity index (χ3n) is 2.60. The zero-order chi connectivity index (χ0) is 11.4. The van der Waals surface area contributed by atoms with E-state index in [4.69, 9.17) is 16.3 Å². The van der Waals surface area contributed by atoms with Crippen LogP contribution in [-0.4, -0.2) is 28.0 Å². The highest BCUT2D eigenvalue weighted by atomic mass is 35.5. The molecule has 0 bridgehead atoms. The third-order valence-corrected chi connectivity index (χ3v) is 3.11. The van der Waals surface area contributed by atoms with Crippen LogP contribution in [0.3, 0.4) is 0 Å². The summed E-state index contributed by atoms with van der Waals surface area (Å²) < 4.78 is 5.44. The summed E-state index contributed by atoms with van der Waals surface area (Å²) >= 11 is 5.89. The molecule has 0 amide bonds. The van der Waals surface area contributed by atoms with Crippen molar-refractivity contribution in [2.24, 2.45) is 0 Å². The SMILES string of the molecule is CCCOc1cc(NC2(CCl)CC2)ncn1. The first-order valence-corrected chi connectivity index (χ1v) is 6.10. The fourth-order valence-electron chi connectivity index (χ4n) is 1.41. The Hall–Kier alpha value is -1.03. The molecule has 1 heterocycles. The van der Waals surface area contributed by atoms with E-state index in [-0.39, 0.29) is 5.54 Å². The van der Waals surface area contributed by atoms with Crippen LogP contribution in [0.4, 0.5) is 5.82 Å². The Morgan fingerprint density at radius 2 is 2.31 bits per heavy atom. The second kappa shape index (κ2) is 4.87. The highest BCUT2D eigenvalue weighted by Gasteiger charge is 2.42. The summed E-state index contributed by atoms with van der Waals surface area (Å²) in [6, 6.07) is 1.82. The molecule has 1 N–H and O–H groups in total. The Labute approximate surface area is 100 Å².